The second-order valence-corrected chi connectivity index (χ2v) is 3.95. The summed E-state index contributed by atoms with van der Waals surface area (Å²) in [6.45, 7) is 9.82. The van der Waals surface area contributed by atoms with Crippen molar-refractivity contribution in [2.24, 2.45) is 5.41 Å². The van der Waals surface area contributed by atoms with Gasteiger partial charge in [0, 0.05) is 0 Å². The van der Waals surface area contributed by atoms with Crippen molar-refractivity contribution < 1.29 is 24.3 Å². The van der Waals surface area contributed by atoms with Crippen LogP contribution in [-0.2, 0) is 24.3 Å². The average molecular weight is 364 g/mol. The number of rotatable bonds is 4. The van der Waals surface area contributed by atoms with Crippen molar-refractivity contribution in [3.8, 4) is 0 Å². The Kier molecular flexibility index (Phi) is 12.7. The van der Waals surface area contributed by atoms with Crippen LogP contribution in [0.1, 0.15) is 40.0 Å². The van der Waals surface area contributed by atoms with Crippen molar-refractivity contribution in [2.75, 3.05) is 6.61 Å². The molecular formula is C10H19IO2Zn. The van der Waals surface area contributed by atoms with E-state index in [1.54, 1.807) is 0 Å². The SMILES string of the molecule is [CH2-]CCCCOC(=O)C(C)(C)C.[Zn+][I]. The van der Waals surface area contributed by atoms with E-state index < -0.39 is 0 Å². The van der Waals surface area contributed by atoms with Crippen molar-refractivity contribution in [3.63, 3.8) is 0 Å². The Morgan fingerprint density at radius 3 is 2.21 bits per heavy atom. The molecule has 0 fully saturated rings. The number of esters is 1. The third kappa shape index (κ3) is 10.9. The van der Waals surface area contributed by atoms with E-state index in [2.05, 4.69) is 26.7 Å². The summed E-state index contributed by atoms with van der Waals surface area (Å²) in [4.78, 5) is 11.2. The van der Waals surface area contributed by atoms with E-state index in [0.717, 1.165) is 19.3 Å². The van der Waals surface area contributed by atoms with Gasteiger partial charge in [-0.1, -0.05) is 6.42 Å². The first-order chi connectivity index (χ1) is 6.48. The Morgan fingerprint density at radius 1 is 1.36 bits per heavy atom. The van der Waals surface area contributed by atoms with Crippen molar-refractivity contribution in [3.05, 3.63) is 6.92 Å². The van der Waals surface area contributed by atoms with E-state index in [4.69, 9.17) is 4.74 Å². The predicted octanol–water partition coefficient (Wildman–Crippen LogP) is 3.46. The van der Waals surface area contributed by atoms with Gasteiger partial charge in [0.25, 0.3) is 0 Å². The number of carbonyl (C=O) groups is 1. The van der Waals surface area contributed by atoms with Gasteiger partial charge in [-0.3, -0.25) is 4.79 Å². The molecule has 0 atom stereocenters. The molecule has 0 saturated carbocycles. The summed E-state index contributed by atoms with van der Waals surface area (Å²) in [5.74, 6) is -0.119. The first-order valence-electron chi connectivity index (χ1n) is 4.71. The van der Waals surface area contributed by atoms with Crippen LogP contribution < -0.4 is 0 Å². The zero-order valence-corrected chi connectivity index (χ0v) is 14.6. The quantitative estimate of drug-likeness (QED) is 0.251. The van der Waals surface area contributed by atoms with Gasteiger partial charge < -0.3 is 11.7 Å². The Bertz CT molecular complexity index is 144. The van der Waals surface area contributed by atoms with Gasteiger partial charge in [0.05, 0.1) is 12.0 Å². The minimum atomic E-state index is -0.371. The minimum absolute atomic E-state index is 0.119. The van der Waals surface area contributed by atoms with Crippen molar-refractivity contribution in [1.29, 1.82) is 0 Å². The van der Waals surface area contributed by atoms with Gasteiger partial charge in [-0.2, -0.15) is 6.42 Å². The van der Waals surface area contributed by atoms with Gasteiger partial charge in [0.15, 0.2) is 0 Å². The second kappa shape index (κ2) is 10.3. The topological polar surface area (TPSA) is 26.3 Å². The molecule has 0 aliphatic heterocycles. The van der Waals surface area contributed by atoms with Gasteiger partial charge in [-0.25, -0.2) is 0 Å². The molecule has 14 heavy (non-hydrogen) atoms. The molecule has 80 valence electrons. The summed E-state index contributed by atoms with van der Waals surface area (Å²) in [6, 6.07) is 0. The molecule has 0 aromatic carbocycles. The first-order valence-corrected chi connectivity index (χ1v) is 13.8. The van der Waals surface area contributed by atoms with Crippen LogP contribution in [0, 0.1) is 12.3 Å². The first kappa shape index (κ1) is 17.2. The van der Waals surface area contributed by atoms with Crippen LogP contribution in [0.2, 0.25) is 0 Å². The van der Waals surface area contributed by atoms with Crippen LogP contribution in [-0.4, -0.2) is 12.6 Å². The molecule has 0 aliphatic carbocycles. The van der Waals surface area contributed by atoms with Crippen molar-refractivity contribution >= 4 is 25.7 Å². The molecular weight excluding hydrogens is 344 g/mol. The summed E-state index contributed by atoms with van der Waals surface area (Å²) >= 11 is 3.62. The fourth-order valence-corrected chi connectivity index (χ4v) is 0.660. The van der Waals surface area contributed by atoms with E-state index in [1.165, 1.54) is 14.8 Å². The Hall–Kier alpha value is 0.823. The van der Waals surface area contributed by atoms with E-state index in [-0.39, 0.29) is 11.4 Å². The summed E-state index contributed by atoms with van der Waals surface area (Å²) < 4.78 is 5.04. The number of hydrogen-bond acceptors (Lipinski definition) is 2. The van der Waals surface area contributed by atoms with E-state index in [1.807, 2.05) is 20.8 Å². The number of ether oxygens (including phenoxy) is 1. The van der Waals surface area contributed by atoms with Gasteiger partial charge in [0.1, 0.15) is 0 Å². The molecule has 0 aromatic heterocycles. The average Bonchev–Trinajstić information content (AvgIpc) is 2.14. The summed E-state index contributed by atoms with van der Waals surface area (Å²) in [7, 11) is 0. The Labute approximate surface area is 108 Å². The van der Waals surface area contributed by atoms with Gasteiger partial charge >= 0.3 is 40.5 Å². The molecule has 0 aromatic rings. The standard InChI is InChI=1S/C10H19O2.HI.Zn/c1-5-6-7-8-12-9(11)10(2,3)4;;/h1,5-8H2,2-4H3;1H;/q-1;;+2/p-1. The molecule has 0 N–H and O–H groups in total. The summed E-state index contributed by atoms with van der Waals surface area (Å²) in [5, 5.41) is 0. The monoisotopic (exact) mass is 362 g/mol. The van der Waals surface area contributed by atoms with Crippen LogP contribution in [0.4, 0.5) is 0 Å². The maximum absolute atomic E-state index is 11.2. The molecule has 2 nitrogen and oxygen atoms in total. The summed E-state index contributed by atoms with van der Waals surface area (Å²) in [5.41, 5.74) is -0.371. The summed E-state index contributed by atoms with van der Waals surface area (Å²) in [6.07, 6.45) is 2.86. The van der Waals surface area contributed by atoms with E-state index in [0.29, 0.717) is 6.61 Å². The zero-order valence-electron chi connectivity index (χ0n) is 9.44. The molecule has 4 heteroatoms. The van der Waals surface area contributed by atoms with E-state index >= 15 is 0 Å². The molecule has 0 aliphatic rings. The molecule has 0 amide bonds. The van der Waals surface area contributed by atoms with Crippen LogP contribution >= 0.6 is 19.8 Å². The molecule has 0 spiro atoms. The number of hydrogen-bond donors (Lipinski definition) is 0. The van der Waals surface area contributed by atoms with Crippen LogP contribution in [0.3, 0.4) is 0 Å². The van der Waals surface area contributed by atoms with Crippen LogP contribution in [0.5, 0.6) is 0 Å². The molecule has 0 rings (SSSR count). The molecule has 0 radical (unpaired) electrons. The Balaban J connectivity index is 0. The van der Waals surface area contributed by atoms with Crippen LogP contribution in [0.15, 0.2) is 0 Å². The zero-order chi connectivity index (χ0) is 11.6. The molecule has 0 unspecified atom stereocenters. The fraction of sp³-hybridized carbons (Fsp3) is 0.800. The number of carbonyl (C=O) groups excluding carboxylic acids is 1. The van der Waals surface area contributed by atoms with Crippen molar-refractivity contribution in [1.82, 2.24) is 0 Å². The third-order valence-corrected chi connectivity index (χ3v) is 1.49. The molecule has 0 heterocycles. The van der Waals surface area contributed by atoms with Gasteiger partial charge in [0.2, 0.25) is 0 Å². The van der Waals surface area contributed by atoms with Gasteiger partial charge in [-0.05, 0) is 27.2 Å². The fourth-order valence-electron chi connectivity index (χ4n) is 0.660. The van der Waals surface area contributed by atoms with Crippen LogP contribution in [0.25, 0.3) is 0 Å². The number of halogens is 1. The number of unbranched alkanes of at least 4 members (excludes halogenated alkanes) is 2. The van der Waals surface area contributed by atoms with Gasteiger partial charge in [-0.15, -0.1) is 0 Å². The second-order valence-electron chi connectivity index (χ2n) is 3.95. The predicted molar refractivity (Wildman–Crippen MR) is 63.6 cm³/mol. The molecule has 0 saturated heterocycles. The molecule has 0 bridgehead atoms. The third-order valence-electron chi connectivity index (χ3n) is 1.49. The Morgan fingerprint density at radius 2 is 1.86 bits per heavy atom. The maximum atomic E-state index is 11.2. The van der Waals surface area contributed by atoms with Crippen molar-refractivity contribution in [2.45, 2.75) is 40.0 Å². The van der Waals surface area contributed by atoms with E-state index in [9.17, 15) is 4.79 Å². The normalized spacial score (nSPS) is 10.2.